The Balaban J connectivity index is 0.000000196. The lowest BCUT2D eigenvalue weighted by Gasteiger charge is -2.16. The third-order valence-electron chi connectivity index (χ3n) is 3.56. The molecule has 3 rings (SSSR count). The highest BCUT2D eigenvalue weighted by Crippen LogP contribution is 2.20. The van der Waals surface area contributed by atoms with Crippen LogP contribution in [0.1, 0.15) is 17.2 Å². The molecule has 25 heavy (non-hydrogen) atoms. The largest absolute Gasteiger partial charge is 0.319 e. The van der Waals surface area contributed by atoms with Gasteiger partial charge in [0, 0.05) is 19.8 Å². The maximum Gasteiger partial charge on any atom is 0.0710 e. The topological polar surface area (TPSA) is 53.3 Å². The van der Waals surface area contributed by atoms with Gasteiger partial charge in [0.05, 0.1) is 6.04 Å². The van der Waals surface area contributed by atoms with Crippen LogP contribution in [0.3, 0.4) is 0 Å². The van der Waals surface area contributed by atoms with Crippen LogP contribution in [0.5, 0.6) is 0 Å². The number of nitrogens with one attached hydrogen (secondary N) is 2. The Morgan fingerprint density at radius 2 is 1.08 bits per heavy atom. The number of hydrazine groups is 2. The van der Waals surface area contributed by atoms with E-state index in [1.165, 1.54) is 11.1 Å². The Morgan fingerprint density at radius 1 is 0.680 bits per heavy atom. The monoisotopic (exact) mass is 334 g/mol. The first-order chi connectivity index (χ1) is 12.2. The minimum absolute atomic E-state index is 0.0624. The van der Waals surface area contributed by atoms with Gasteiger partial charge >= 0.3 is 0 Å². The molecule has 0 unspecified atom stereocenters. The van der Waals surface area contributed by atoms with E-state index < -0.39 is 0 Å². The van der Waals surface area contributed by atoms with Crippen molar-refractivity contribution in [1.29, 1.82) is 0 Å². The van der Waals surface area contributed by atoms with Crippen LogP contribution >= 0.6 is 0 Å². The van der Waals surface area contributed by atoms with Gasteiger partial charge in [-0.25, -0.2) is 10.4 Å². The summed E-state index contributed by atoms with van der Waals surface area (Å²) in [7, 11) is 3.93. The molecule has 4 N–H and O–H groups in total. The number of nitrogens with zero attached hydrogens (tertiary/aromatic N) is 1. The molecule has 0 heterocycles. The summed E-state index contributed by atoms with van der Waals surface area (Å²) < 4.78 is 0. The molecule has 0 radical (unpaired) electrons. The van der Waals surface area contributed by atoms with Crippen LogP contribution < -0.4 is 16.7 Å². The van der Waals surface area contributed by atoms with Crippen LogP contribution in [0, 0.1) is 0 Å². The fourth-order valence-electron chi connectivity index (χ4n) is 2.45. The number of nitrogens with two attached hydrogens (primary N) is 1. The standard InChI is InChI=1S/C13H14N2.C8H12N2/c14-15-13(11-7-3-1-4-8-11)12-9-5-2-6-10-12;1-10(2)9-8-6-4-3-5-7-8/h1-10,13,15H,14H2;3-7,9H,1-2H3. The number of para-hydroxylation sites is 1. The third-order valence-corrected chi connectivity index (χ3v) is 3.56. The van der Waals surface area contributed by atoms with Crippen LogP contribution in [-0.4, -0.2) is 19.1 Å². The predicted octanol–water partition coefficient (Wildman–Crippen LogP) is 3.81. The first kappa shape index (κ1) is 18.7. The van der Waals surface area contributed by atoms with Crippen molar-refractivity contribution < 1.29 is 0 Å². The molecular weight excluding hydrogens is 308 g/mol. The van der Waals surface area contributed by atoms with Crippen LogP contribution in [-0.2, 0) is 0 Å². The van der Waals surface area contributed by atoms with Crippen LogP contribution in [0.2, 0.25) is 0 Å². The number of benzene rings is 3. The normalized spacial score (nSPS) is 10.3. The quantitative estimate of drug-likeness (QED) is 0.490. The van der Waals surface area contributed by atoms with Crippen molar-refractivity contribution in [3.63, 3.8) is 0 Å². The maximum absolute atomic E-state index is 5.59. The molecule has 0 aliphatic carbocycles. The summed E-state index contributed by atoms with van der Waals surface area (Å²) in [4.78, 5) is 0. The lowest BCUT2D eigenvalue weighted by atomic mass is 10.00. The predicted molar refractivity (Wildman–Crippen MR) is 106 cm³/mol. The zero-order chi connectivity index (χ0) is 17.9. The molecule has 0 saturated heterocycles. The lowest BCUT2D eigenvalue weighted by molar-refractivity contribution is 0.495. The van der Waals surface area contributed by atoms with Gasteiger partial charge in [-0.15, -0.1) is 0 Å². The molecule has 0 spiro atoms. The Kier molecular flexibility index (Phi) is 7.66. The summed E-state index contributed by atoms with van der Waals surface area (Å²) in [6, 6.07) is 30.5. The van der Waals surface area contributed by atoms with Crippen molar-refractivity contribution in [1.82, 2.24) is 10.4 Å². The van der Waals surface area contributed by atoms with E-state index >= 15 is 0 Å². The van der Waals surface area contributed by atoms with Gasteiger partial charge in [0.15, 0.2) is 0 Å². The van der Waals surface area contributed by atoms with E-state index in [0.717, 1.165) is 5.69 Å². The highest BCUT2D eigenvalue weighted by Gasteiger charge is 2.10. The number of hydrogen-bond acceptors (Lipinski definition) is 4. The van der Waals surface area contributed by atoms with E-state index in [4.69, 9.17) is 5.84 Å². The van der Waals surface area contributed by atoms with Crippen molar-refractivity contribution >= 4 is 5.69 Å². The Labute approximate surface area is 150 Å². The van der Waals surface area contributed by atoms with E-state index in [-0.39, 0.29) is 6.04 Å². The summed E-state index contributed by atoms with van der Waals surface area (Å²) in [5.74, 6) is 5.59. The fraction of sp³-hybridized carbons (Fsp3) is 0.143. The Morgan fingerprint density at radius 3 is 1.44 bits per heavy atom. The second-order valence-corrected chi connectivity index (χ2v) is 5.79. The summed E-state index contributed by atoms with van der Waals surface area (Å²) in [5, 5.41) is 1.91. The molecule has 4 nitrogen and oxygen atoms in total. The minimum Gasteiger partial charge on any atom is -0.319 e. The van der Waals surface area contributed by atoms with E-state index in [1.54, 1.807) is 0 Å². The Hall–Kier alpha value is -2.66. The van der Waals surface area contributed by atoms with Gasteiger partial charge in [-0.2, -0.15) is 0 Å². The molecule has 3 aromatic carbocycles. The Bertz CT molecular complexity index is 660. The van der Waals surface area contributed by atoms with E-state index in [0.29, 0.717) is 0 Å². The lowest BCUT2D eigenvalue weighted by Crippen LogP contribution is -2.28. The van der Waals surface area contributed by atoms with Crippen LogP contribution in [0.4, 0.5) is 5.69 Å². The van der Waals surface area contributed by atoms with Gasteiger partial charge in [-0.1, -0.05) is 78.9 Å². The fourth-order valence-corrected chi connectivity index (χ4v) is 2.45. The highest BCUT2D eigenvalue weighted by atomic mass is 15.5. The smallest absolute Gasteiger partial charge is 0.0710 e. The van der Waals surface area contributed by atoms with Crippen LogP contribution in [0.25, 0.3) is 0 Å². The number of rotatable bonds is 5. The molecule has 3 aromatic rings. The highest BCUT2D eigenvalue weighted by molar-refractivity contribution is 5.41. The summed E-state index contributed by atoms with van der Waals surface area (Å²) >= 11 is 0. The zero-order valence-corrected chi connectivity index (χ0v) is 14.8. The van der Waals surface area contributed by atoms with E-state index in [1.807, 2.05) is 85.8 Å². The van der Waals surface area contributed by atoms with Crippen molar-refractivity contribution in [3.8, 4) is 0 Å². The van der Waals surface area contributed by atoms with Gasteiger partial charge in [0.1, 0.15) is 0 Å². The molecule has 0 atom stereocenters. The second-order valence-electron chi connectivity index (χ2n) is 5.79. The van der Waals surface area contributed by atoms with Crippen molar-refractivity contribution in [2.75, 3.05) is 19.5 Å². The summed E-state index contributed by atoms with van der Waals surface area (Å²) in [5.41, 5.74) is 9.44. The summed E-state index contributed by atoms with van der Waals surface area (Å²) in [6.07, 6.45) is 0. The van der Waals surface area contributed by atoms with Gasteiger partial charge in [0.2, 0.25) is 0 Å². The number of anilines is 1. The molecule has 0 aliphatic rings. The van der Waals surface area contributed by atoms with Crippen LogP contribution in [0.15, 0.2) is 91.0 Å². The van der Waals surface area contributed by atoms with Gasteiger partial charge in [-0.3, -0.25) is 5.84 Å². The van der Waals surface area contributed by atoms with Gasteiger partial charge < -0.3 is 5.43 Å². The molecule has 0 aliphatic heterocycles. The zero-order valence-electron chi connectivity index (χ0n) is 14.8. The SMILES string of the molecule is CN(C)Nc1ccccc1.NNC(c1ccccc1)c1ccccc1. The molecule has 0 fully saturated rings. The molecule has 4 heteroatoms. The molecule has 130 valence electrons. The minimum atomic E-state index is 0.0624. The summed E-state index contributed by atoms with van der Waals surface area (Å²) in [6.45, 7) is 0. The molecule has 0 amide bonds. The second kappa shape index (κ2) is 10.3. The molecule has 0 aromatic heterocycles. The number of hydrogen-bond donors (Lipinski definition) is 3. The van der Waals surface area contributed by atoms with Crippen molar-refractivity contribution in [3.05, 3.63) is 102 Å². The average molecular weight is 334 g/mol. The third kappa shape index (κ3) is 6.39. The van der Waals surface area contributed by atoms with E-state index in [2.05, 4.69) is 35.1 Å². The average Bonchev–Trinajstić information content (AvgIpc) is 2.65. The molecular formula is C21H26N4. The molecule has 0 saturated carbocycles. The molecule has 0 bridgehead atoms. The van der Waals surface area contributed by atoms with Crippen molar-refractivity contribution in [2.24, 2.45) is 5.84 Å². The first-order valence-electron chi connectivity index (χ1n) is 8.25. The first-order valence-corrected chi connectivity index (χ1v) is 8.25. The van der Waals surface area contributed by atoms with Crippen molar-refractivity contribution in [2.45, 2.75) is 6.04 Å². The van der Waals surface area contributed by atoms with Gasteiger partial charge in [0.25, 0.3) is 0 Å². The van der Waals surface area contributed by atoms with Gasteiger partial charge in [-0.05, 0) is 23.3 Å². The van der Waals surface area contributed by atoms with E-state index in [9.17, 15) is 0 Å². The maximum atomic E-state index is 5.59.